The maximum absolute atomic E-state index is 12.8. The number of carbonyl (C=O) groups excluding carboxylic acids is 1. The average molecular weight is 198 g/mol. The molecule has 0 aromatic heterocycles. The van der Waals surface area contributed by atoms with Crippen LogP contribution in [-0.2, 0) is 0 Å². The Kier molecular flexibility index (Phi) is 2.99. The number of rotatable bonds is 2. The molecule has 0 aliphatic rings. The summed E-state index contributed by atoms with van der Waals surface area (Å²) in [6.45, 7) is 0. The Bertz CT molecular complexity index is 384. The van der Waals surface area contributed by atoms with Crippen molar-refractivity contribution in [3.63, 3.8) is 0 Å². The first-order valence-corrected chi connectivity index (χ1v) is 3.88. The van der Waals surface area contributed by atoms with Crippen LogP contribution in [0.4, 0.5) is 4.39 Å². The smallest absolute Gasteiger partial charge is 0.176 e. The Balaban J connectivity index is 2.98. The number of ketones is 1. The van der Waals surface area contributed by atoms with E-state index in [1.165, 1.54) is 12.1 Å². The second-order valence-electron chi connectivity index (χ2n) is 2.39. The van der Waals surface area contributed by atoms with Gasteiger partial charge < -0.3 is 0 Å². The summed E-state index contributed by atoms with van der Waals surface area (Å²) in [7, 11) is 0. The molecule has 0 aliphatic carbocycles. The van der Waals surface area contributed by atoms with Crippen molar-refractivity contribution in [1.82, 2.24) is 0 Å². The van der Waals surface area contributed by atoms with Gasteiger partial charge in [0.15, 0.2) is 5.78 Å². The number of hydrogen-bond acceptors (Lipinski definition) is 2. The molecule has 1 rings (SSSR count). The minimum atomic E-state index is -0.648. The van der Waals surface area contributed by atoms with Crippen molar-refractivity contribution in [2.45, 2.75) is 6.42 Å². The van der Waals surface area contributed by atoms with Crippen LogP contribution in [0.5, 0.6) is 0 Å². The second-order valence-corrected chi connectivity index (χ2v) is 2.79. The predicted molar refractivity (Wildman–Crippen MR) is 46.0 cm³/mol. The fourth-order valence-electron chi connectivity index (χ4n) is 0.843. The lowest BCUT2D eigenvalue weighted by molar-refractivity contribution is 0.0997. The molecule has 0 fully saturated rings. The summed E-state index contributed by atoms with van der Waals surface area (Å²) in [5.74, 6) is -1.05. The topological polar surface area (TPSA) is 40.9 Å². The zero-order valence-electron chi connectivity index (χ0n) is 6.55. The van der Waals surface area contributed by atoms with E-state index in [4.69, 9.17) is 16.9 Å². The van der Waals surface area contributed by atoms with Gasteiger partial charge in [-0.1, -0.05) is 11.6 Å². The van der Waals surface area contributed by atoms with Gasteiger partial charge in [0.05, 0.1) is 17.5 Å². The van der Waals surface area contributed by atoms with Crippen molar-refractivity contribution in [2.24, 2.45) is 0 Å². The van der Waals surface area contributed by atoms with Crippen molar-refractivity contribution < 1.29 is 9.18 Å². The molecule has 0 spiro atoms. The molecule has 0 N–H and O–H groups in total. The van der Waals surface area contributed by atoms with Crippen molar-refractivity contribution in [3.8, 4) is 6.07 Å². The molecule has 13 heavy (non-hydrogen) atoms. The number of carbonyl (C=O) groups is 1. The first-order chi connectivity index (χ1) is 6.15. The van der Waals surface area contributed by atoms with Gasteiger partial charge >= 0.3 is 0 Å². The van der Waals surface area contributed by atoms with E-state index in [9.17, 15) is 9.18 Å². The number of halogens is 2. The summed E-state index contributed by atoms with van der Waals surface area (Å²) in [4.78, 5) is 11.1. The summed E-state index contributed by atoms with van der Waals surface area (Å²) in [5.41, 5.74) is 0.170. The molecule has 0 bridgehead atoms. The van der Waals surface area contributed by atoms with Crippen LogP contribution in [0.15, 0.2) is 18.2 Å². The molecule has 2 nitrogen and oxygen atoms in total. The molecule has 1 aromatic rings. The van der Waals surface area contributed by atoms with Gasteiger partial charge in [0, 0.05) is 5.56 Å². The van der Waals surface area contributed by atoms with Crippen LogP contribution in [0.2, 0.25) is 5.02 Å². The molecule has 1 aromatic carbocycles. The quantitative estimate of drug-likeness (QED) is 0.684. The SMILES string of the molecule is N#CCC(=O)c1ccc(Cl)c(F)c1. The number of benzene rings is 1. The third-order valence-corrected chi connectivity index (χ3v) is 1.79. The summed E-state index contributed by atoms with van der Waals surface area (Å²) in [6.07, 6.45) is -0.249. The van der Waals surface area contributed by atoms with E-state index in [1.54, 1.807) is 6.07 Å². The zero-order chi connectivity index (χ0) is 9.84. The van der Waals surface area contributed by atoms with Crippen molar-refractivity contribution >= 4 is 17.4 Å². The van der Waals surface area contributed by atoms with Gasteiger partial charge in [0.25, 0.3) is 0 Å². The monoisotopic (exact) mass is 197 g/mol. The summed E-state index contributed by atoms with van der Waals surface area (Å²) in [6, 6.07) is 5.41. The van der Waals surface area contributed by atoms with Crippen LogP contribution < -0.4 is 0 Å². The molecule has 0 saturated heterocycles. The van der Waals surface area contributed by atoms with Crippen molar-refractivity contribution in [3.05, 3.63) is 34.6 Å². The fraction of sp³-hybridized carbons (Fsp3) is 0.111. The number of Topliss-reactive ketones (excluding diaryl/α,β-unsaturated/α-hetero) is 1. The Morgan fingerprint density at radius 1 is 1.62 bits per heavy atom. The van der Waals surface area contributed by atoms with Crippen LogP contribution in [0.25, 0.3) is 0 Å². The van der Waals surface area contributed by atoms with Gasteiger partial charge in [-0.3, -0.25) is 4.79 Å². The molecule has 66 valence electrons. The molecule has 0 atom stereocenters. The molecular formula is C9H5ClFNO. The van der Waals surface area contributed by atoms with E-state index in [2.05, 4.69) is 0 Å². The van der Waals surface area contributed by atoms with Crippen molar-refractivity contribution in [2.75, 3.05) is 0 Å². The van der Waals surface area contributed by atoms with E-state index in [0.717, 1.165) is 6.07 Å². The molecule has 0 aliphatic heterocycles. The van der Waals surface area contributed by atoms with Gasteiger partial charge in [0.2, 0.25) is 0 Å². The maximum atomic E-state index is 12.8. The largest absolute Gasteiger partial charge is 0.293 e. The lowest BCUT2D eigenvalue weighted by Gasteiger charge is -1.97. The minimum Gasteiger partial charge on any atom is -0.293 e. The predicted octanol–water partition coefficient (Wildman–Crippen LogP) is 2.58. The Morgan fingerprint density at radius 2 is 2.31 bits per heavy atom. The fourth-order valence-corrected chi connectivity index (χ4v) is 0.961. The van der Waals surface area contributed by atoms with Gasteiger partial charge in [-0.15, -0.1) is 0 Å². The van der Waals surface area contributed by atoms with E-state index < -0.39 is 11.6 Å². The number of nitrogens with zero attached hydrogens (tertiary/aromatic N) is 1. The van der Waals surface area contributed by atoms with E-state index in [0.29, 0.717) is 0 Å². The highest BCUT2D eigenvalue weighted by atomic mass is 35.5. The van der Waals surface area contributed by atoms with Gasteiger partial charge in [-0.2, -0.15) is 5.26 Å². The van der Waals surface area contributed by atoms with Crippen LogP contribution in [0.1, 0.15) is 16.8 Å². The van der Waals surface area contributed by atoms with Crippen molar-refractivity contribution in [1.29, 1.82) is 5.26 Å². The summed E-state index contributed by atoms with van der Waals surface area (Å²) >= 11 is 5.41. The minimum absolute atomic E-state index is 0.0338. The van der Waals surface area contributed by atoms with Crippen LogP contribution >= 0.6 is 11.6 Å². The lowest BCUT2D eigenvalue weighted by atomic mass is 10.1. The average Bonchev–Trinajstić information content (AvgIpc) is 2.10. The highest BCUT2D eigenvalue weighted by Crippen LogP contribution is 2.16. The summed E-state index contributed by atoms with van der Waals surface area (Å²) < 4.78 is 12.8. The molecule has 0 unspecified atom stereocenters. The lowest BCUT2D eigenvalue weighted by Crippen LogP contribution is -1.97. The normalized spacial score (nSPS) is 9.31. The third kappa shape index (κ3) is 2.27. The summed E-state index contributed by atoms with van der Waals surface area (Å²) in [5, 5.41) is 8.20. The van der Waals surface area contributed by atoms with Crippen LogP contribution in [0.3, 0.4) is 0 Å². The number of hydrogen-bond donors (Lipinski definition) is 0. The highest BCUT2D eigenvalue weighted by molar-refractivity contribution is 6.30. The van der Waals surface area contributed by atoms with E-state index in [-0.39, 0.29) is 17.0 Å². The zero-order valence-corrected chi connectivity index (χ0v) is 7.31. The Morgan fingerprint density at radius 3 is 2.85 bits per heavy atom. The Labute approximate surface area is 79.5 Å². The second kappa shape index (κ2) is 4.01. The van der Waals surface area contributed by atoms with E-state index in [1.807, 2.05) is 0 Å². The molecule has 0 radical (unpaired) electrons. The van der Waals surface area contributed by atoms with Gasteiger partial charge in [-0.25, -0.2) is 4.39 Å². The van der Waals surface area contributed by atoms with E-state index >= 15 is 0 Å². The highest BCUT2D eigenvalue weighted by Gasteiger charge is 2.07. The maximum Gasteiger partial charge on any atom is 0.176 e. The molecule has 0 saturated carbocycles. The Hall–Kier alpha value is -1.40. The first-order valence-electron chi connectivity index (χ1n) is 3.50. The molecule has 0 heterocycles. The molecular weight excluding hydrogens is 193 g/mol. The van der Waals surface area contributed by atoms with Gasteiger partial charge in [-0.05, 0) is 18.2 Å². The third-order valence-electron chi connectivity index (χ3n) is 1.48. The van der Waals surface area contributed by atoms with Crippen LogP contribution in [0, 0.1) is 17.1 Å². The first kappa shape index (κ1) is 9.69. The number of nitriles is 1. The molecule has 4 heteroatoms. The standard InChI is InChI=1S/C9H5ClFNO/c10-7-2-1-6(5-8(7)11)9(13)3-4-12/h1-2,5H,3H2. The van der Waals surface area contributed by atoms with Crippen LogP contribution in [-0.4, -0.2) is 5.78 Å². The van der Waals surface area contributed by atoms with Gasteiger partial charge in [0.1, 0.15) is 5.82 Å². The molecule has 0 amide bonds.